The molecule has 12 rings (SSSR count). The normalized spacial score (nSPS) is 30.7. The van der Waals surface area contributed by atoms with Crippen LogP contribution in [0.25, 0.3) is 44.7 Å². The number of aromatic nitrogens is 16. The molecule has 5 unspecified atom stereocenters. The molecule has 98 heavy (non-hydrogen) atoms. The average Bonchev–Trinajstić information content (AvgIpc) is 1.63. The highest BCUT2D eigenvalue weighted by molar-refractivity contribution is 7.66. The summed E-state index contributed by atoms with van der Waals surface area (Å²) in [6, 6.07) is 0. The summed E-state index contributed by atoms with van der Waals surface area (Å²) in [5.74, 6) is -0.798. The number of aliphatic hydroxyl groups is 5. The summed E-state index contributed by atoms with van der Waals surface area (Å²) in [5.41, 5.74) is 14.0. The fourth-order valence-electron chi connectivity index (χ4n) is 11.1. The molecule has 4 saturated heterocycles. The van der Waals surface area contributed by atoms with Crippen molar-refractivity contribution in [2.24, 2.45) is 7.05 Å². The Hall–Kier alpha value is -6.77. The summed E-state index contributed by atoms with van der Waals surface area (Å²) in [6.45, 7) is -3.47. The van der Waals surface area contributed by atoms with E-state index in [1.807, 2.05) is 0 Å². The third kappa shape index (κ3) is 14.1. The summed E-state index contributed by atoms with van der Waals surface area (Å²) >= 11 is 0. The monoisotopic (exact) mass is 1490 g/mol. The van der Waals surface area contributed by atoms with E-state index in [1.165, 1.54) is 24.9 Å². The number of phosphoric ester groups is 4. The van der Waals surface area contributed by atoms with Crippen LogP contribution in [0.1, 0.15) is 30.7 Å². The molecule has 0 aliphatic carbocycles. The number of rotatable bonds is 25. The molecular weight excluding hydrogens is 1430 g/mol. The minimum atomic E-state index is -6.34. The van der Waals surface area contributed by atoms with Gasteiger partial charge in [-0.25, -0.2) is 57.3 Å². The van der Waals surface area contributed by atoms with E-state index in [1.54, 1.807) is 0 Å². The van der Waals surface area contributed by atoms with Gasteiger partial charge in [-0.3, -0.25) is 69.8 Å². The highest BCUT2D eigenvalue weighted by atomic mass is 31.3. The van der Waals surface area contributed by atoms with Gasteiger partial charge in [0.05, 0.1) is 52.5 Å². The number of hydrogen-bond donors (Lipinski definition) is 16. The van der Waals surface area contributed by atoms with Gasteiger partial charge in [0.1, 0.15) is 90.9 Å². The maximum atomic E-state index is 14.3. The van der Waals surface area contributed by atoms with Crippen molar-refractivity contribution in [3.8, 4) is 0 Å². The summed E-state index contributed by atoms with van der Waals surface area (Å²) in [5, 5.41) is 55.5. The largest absolute Gasteiger partial charge is 0.490 e. The number of phosphoric acid groups is 5. The first-order valence-corrected chi connectivity index (χ1v) is 35.4. The van der Waals surface area contributed by atoms with Gasteiger partial charge in [-0.2, -0.15) is 13.6 Å². The average molecular weight is 1490 g/mol. The van der Waals surface area contributed by atoms with Crippen LogP contribution in [-0.4, -0.2) is 230 Å². The Morgan fingerprint density at radius 2 is 1.01 bits per heavy atom. The molecule has 4 fully saturated rings. The Bertz CT molecular complexity index is 4820. The predicted molar refractivity (Wildman–Crippen MR) is 312 cm³/mol. The SMILES string of the molecule is CO[C@@H]1[C@H](OP(=O)(O)OC[C@H]2O[C@@H](n3cnc4c(N)ncnc43)[C@H](O)[C@@H]2OP(=O)(O)OC[C@H]2O[C@@H](n3cnc4c(=O)[nH]c(C)nc43)[C@H](O)[C@@H]2O)[C@@H](COP(=O)(O)OP(=O)(O)OP(=O)(O)OC[C@H]2O[C@@H]([n+]3cn(C)c4c(=O)[nH]c(N)nc43)[C@H](O)[C@@H]2O)O[C@H]1n1cnc2c(=O)[nH]c(N)nc21. The summed E-state index contributed by atoms with van der Waals surface area (Å²) < 4.78 is 142. The molecule has 21 atom stereocenters. The van der Waals surface area contributed by atoms with Gasteiger partial charge in [0.25, 0.3) is 22.6 Å². The van der Waals surface area contributed by atoms with Gasteiger partial charge < -0.3 is 95.9 Å². The molecule has 4 aliphatic rings. The number of imidazole rings is 4. The molecule has 12 heterocycles. The predicted octanol–water partition coefficient (Wildman–Crippen LogP) is -5.51. The molecule has 8 aromatic rings. The first-order chi connectivity index (χ1) is 46.0. The summed E-state index contributed by atoms with van der Waals surface area (Å²) in [7, 11) is -27.4. The fraction of sp³-hybridized carbons (Fsp3) is 0.535. The molecule has 4 aliphatic heterocycles. The number of fused-ring (bicyclic) bond motifs is 4. The van der Waals surface area contributed by atoms with Crippen molar-refractivity contribution in [3.05, 3.63) is 68.5 Å². The molecular formula is C43H57N19O31P5+. The molecule has 0 radical (unpaired) electrons. The Kier molecular flexibility index (Phi) is 19.3. The lowest BCUT2D eigenvalue weighted by molar-refractivity contribution is -0.745. The van der Waals surface area contributed by atoms with Crippen LogP contribution in [0.15, 0.2) is 46.0 Å². The van der Waals surface area contributed by atoms with Crippen LogP contribution in [-0.2, 0) is 89.3 Å². The number of aromatic amines is 3. The van der Waals surface area contributed by atoms with Gasteiger partial charge in [0.2, 0.25) is 17.7 Å². The second-order valence-corrected chi connectivity index (χ2v) is 29.3. The van der Waals surface area contributed by atoms with E-state index in [4.69, 9.17) is 68.0 Å². The Morgan fingerprint density at radius 3 is 1.64 bits per heavy atom. The number of nitrogens with zero attached hydrogens (tertiary/aromatic N) is 13. The maximum Gasteiger partial charge on any atom is 0.490 e. The fourth-order valence-corrected chi connectivity index (χ4v) is 16.5. The second kappa shape index (κ2) is 26.6. The van der Waals surface area contributed by atoms with Crippen LogP contribution >= 0.6 is 39.1 Å². The standard InChI is InChI=1S/C43H56N19O31P5/c1-13-52-32-19(35(68)53-13)50-10-60(32)38-24(65)22(63)14(86-38)4-82-94(71,72)90-27-16(88-40(26(27)67)59-9-49-18-30(44)47-8-48-31(18)59)6-83-95(73,74)91-28-17(89-41(29(28)81-3)61-11-51-20-33(61)54-42(45)56-36(20)69)7-85-97(77,78)93-98(79,80)92-96(75,76)84-5-15-23(64)25(66)39(87-15)62-12-58(2)21-34(62)55-43(46)57-37(21)70/h8-12,14-17,22-29,38-41,63-67H,4-7H2,1-3H3,(H13-,44,45,46,47,48,52,53,54,55,56,57,68,69,70,71,72,73,74,75,76,77,78,79,80)/p+1/t14-,15-,16-,17-,22-,23-,24-,25-,26-,27-,28-,29-,38-,39-,40-,41-/m1/s1. The number of nitrogen functional groups attached to an aromatic ring is 3. The van der Waals surface area contributed by atoms with E-state index in [0.29, 0.717) is 0 Å². The van der Waals surface area contributed by atoms with Crippen molar-refractivity contribution >= 4 is 101 Å². The Labute approximate surface area is 541 Å². The summed E-state index contributed by atoms with van der Waals surface area (Å²) in [4.78, 5) is 132. The number of H-pyrrole nitrogens is 3. The Morgan fingerprint density at radius 1 is 0.531 bits per heavy atom. The number of methoxy groups -OCH3 is 1. The zero-order valence-electron chi connectivity index (χ0n) is 49.8. The number of aryl methyl sites for hydroxylation is 2. The smallest absolute Gasteiger partial charge is 0.387 e. The number of nitrogens with one attached hydrogen (secondary N) is 3. The van der Waals surface area contributed by atoms with Gasteiger partial charge in [0.15, 0.2) is 58.8 Å². The van der Waals surface area contributed by atoms with Crippen molar-refractivity contribution < 1.29 is 137 Å². The highest BCUT2D eigenvalue weighted by Gasteiger charge is 2.56. The first kappa shape index (κ1) is 71.1. The maximum absolute atomic E-state index is 14.3. The van der Waals surface area contributed by atoms with Crippen LogP contribution in [0, 0.1) is 6.92 Å². The van der Waals surface area contributed by atoms with Gasteiger partial charge in [0, 0.05) is 7.11 Å². The zero-order chi connectivity index (χ0) is 70.6. The van der Waals surface area contributed by atoms with E-state index in [9.17, 15) is 87.2 Å². The molecule has 50 nitrogen and oxygen atoms in total. The van der Waals surface area contributed by atoms with Gasteiger partial charge in [-0.05, 0) is 6.92 Å². The molecule has 0 saturated carbocycles. The number of anilines is 3. The topological polar surface area (TPSA) is 711 Å². The highest BCUT2D eigenvalue weighted by Crippen LogP contribution is 2.68. The van der Waals surface area contributed by atoms with E-state index < -0.39 is 186 Å². The minimum Gasteiger partial charge on any atom is -0.387 e. The molecule has 55 heteroatoms. The molecule has 0 amide bonds. The first-order valence-electron chi connectivity index (χ1n) is 27.9. The van der Waals surface area contributed by atoms with Crippen LogP contribution in [0.5, 0.6) is 0 Å². The van der Waals surface area contributed by atoms with Gasteiger partial charge in [-0.15, -0.1) is 0 Å². The lowest BCUT2D eigenvalue weighted by Gasteiger charge is -2.27. The molecule has 534 valence electrons. The van der Waals surface area contributed by atoms with Crippen LogP contribution in [0.4, 0.5) is 17.7 Å². The van der Waals surface area contributed by atoms with Crippen molar-refractivity contribution in [2.75, 3.05) is 50.7 Å². The number of hydrogen-bond acceptors (Lipinski definition) is 37. The molecule has 0 aromatic carbocycles. The van der Waals surface area contributed by atoms with Crippen LogP contribution in [0.2, 0.25) is 0 Å². The van der Waals surface area contributed by atoms with Crippen molar-refractivity contribution in [1.82, 2.24) is 73.1 Å². The molecule has 19 N–H and O–H groups in total. The van der Waals surface area contributed by atoms with Gasteiger partial charge >= 0.3 is 44.8 Å². The molecule has 0 spiro atoms. The van der Waals surface area contributed by atoms with E-state index >= 15 is 0 Å². The third-order valence-corrected chi connectivity index (χ3v) is 21.6. The number of ether oxygens (including phenoxy) is 5. The minimum absolute atomic E-state index is 0.0283. The van der Waals surface area contributed by atoms with Crippen molar-refractivity contribution in [1.29, 1.82) is 0 Å². The molecule has 8 aromatic heterocycles. The lowest BCUT2D eigenvalue weighted by atomic mass is 10.1. The summed E-state index contributed by atoms with van der Waals surface area (Å²) in [6.07, 6.45) is -24.1. The quantitative estimate of drug-likeness (QED) is 0.0187. The number of aliphatic hydroxyl groups excluding tert-OH is 5. The van der Waals surface area contributed by atoms with Crippen LogP contribution < -0.4 is 38.4 Å². The van der Waals surface area contributed by atoms with E-state index in [-0.39, 0.29) is 62.2 Å². The van der Waals surface area contributed by atoms with Crippen molar-refractivity contribution in [2.45, 2.75) is 105 Å². The Balaban J connectivity index is 0.741. The van der Waals surface area contributed by atoms with Crippen LogP contribution in [0.3, 0.4) is 0 Å². The second-order valence-electron chi connectivity index (χ2n) is 21.8. The zero-order valence-corrected chi connectivity index (χ0v) is 54.3. The van der Waals surface area contributed by atoms with Gasteiger partial charge in [-0.1, -0.05) is 4.98 Å². The lowest BCUT2D eigenvalue weighted by Crippen LogP contribution is -2.46. The molecule has 0 bridgehead atoms. The van der Waals surface area contributed by atoms with E-state index in [2.05, 4.69) is 63.4 Å². The van der Waals surface area contributed by atoms with E-state index in [0.717, 1.165) is 50.7 Å². The number of nitrogens with two attached hydrogens (primary N) is 3. The third-order valence-electron chi connectivity index (χ3n) is 15.3. The van der Waals surface area contributed by atoms with Crippen molar-refractivity contribution in [3.63, 3.8) is 0 Å².